The Labute approximate surface area is 260 Å². The second kappa shape index (κ2) is 12.4. The van der Waals surface area contributed by atoms with Crippen LogP contribution < -0.4 is 5.32 Å². The van der Waals surface area contributed by atoms with Gasteiger partial charge in [-0.05, 0) is 54.3 Å². The molecule has 1 saturated heterocycles. The summed E-state index contributed by atoms with van der Waals surface area (Å²) in [6.07, 6.45) is -1.76. The third-order valence-corrected chi connectivity index (χ3v) is 8.70. The number of rotatable bonds is 6. The molecule has 0 spiro atoms. The van der Waals surface area contributed by atoms with Crippen LogP contribution in [-0.2, 0) is 6.18 Å². The van der Waals surface area contributed by atoms with Gasteiger partial charge in [0.1, 0.15) is 17.3 Å². The second-order valence-corrected chi connectivity index (χ2v) is 11.4. The van der Waals surface area contributed by atoms with Gasteiger partial charge in [-0.2, -0.15) is 23.5 Å². The van der Waals surface area contributed by atoms with Crippen molar-refractivity contribution in [2.75, 3.05) is 18.4 Å². The van der Waals surface area contributed by atoms with Crippen molar-refractivity contribution >= 4 is 29.0 Å². The van der Waals surface area contributed by atoms with Crippen LogP contribution in [0.5, 0.6) is 0 Å². The van der Waals surface area contributed by atoms with Crippen LogP contribution in [-0.4, -0.2) is 44.6 Å². The van der Waals surface area contributed by atoms with Gasteiger partial charge in [0.05, 0.1) is 22.5 Å². The first-order valence-corrected chi connectivity index (χ1v) is 15.0. The molecule has 0 saturated carbocycles. The Kier molecular flexibility index (Phi) is 8.19. The number of thiazole rings is 1. The summed E-state index contributed by atoms with van der Waals surface area (Å²) in [5.74, 6) is -0.340. The summed E-state index contributed by atoms with van der Waals surface area (Å²) in [7, 11) is 0. The summed E-state index contributed by atoms with van der Waals surface area (Å²) >= 11 is 1.37. The highest BCUT2D eigenvalue weighted by Gasteiger charge is 2.31. The molecule has 8 nitrogen and oxygen atoms in total. The Hall–Kier alpha value is -5.28. The van der Waals surface area contributed by atoms with E-state index < -0.39 is 17.6 Å². The van der Waals surface area contributed by atoms with Crippen molar-refractivity contribution in [1.29, 1.82) is 5.26 Å². The lowest BCUT2D eigenvalue weighted by Crippen LogP contribution is -2.38. The highest BCUT2D eigenvalue weighted by molar-refractivity contribution is 7.10. The van der Waals surface area contributed by atoms with E-state index in [-0.39, 0.29) is 28.9 Å². The van der Waals surface area contributed by atoms with E-state index in [1.165, 1.54) is 34.3 Å². The third kappa shape index (κ3) is 6.21. The highest BCUT2D eigenvalue weighted by Crippen LogP contribution is 2.34. The quantitative estimate of drug-likeness (QED) is 0.216. The van der Waals surface area contributed by atoms with Crippen LogP contribution in [0.4, 0.5) is 19.0 Å². The Balaban J connectivity index is 1.12. The lowest BCUT2D eigenvalue weighted by atomic mass is 9.94. The second-order valence-electron chi connectivity index (χ2n) is 10.5. The fourth-order valence-corrected chi connectivity index (χ4v) is 6.30. The molecule has 1 N–H and O–H groups in total. The molecule has 3 aromatic carbocycles. The topological polar surface area (TPSA) is 104 Å². The molecule has 3 heterocycles. The molecule has 0 aliphatic carbocycles. The number of piperidine rings is 1. The number of carbonyl (C=O) groups is 2. The summed E-state index contributed by atoms with van der Waals surface area (Å²) in [5, 5.41) is 19.0. The molecule has 12 heteroatoms. The Morgan fingerprint density at radius 1 is 0.956 bits per heavy atom. The van der Waals surface area contributed by atoms with Gasteiger partial charge in [-0.15, -0.1) is 11.3 Å². The van der Waals surface area contributed by atoms with Gasteiger partial charge in [-0.3, -0.25) is 9.59 Å². The normalized spacial score (nSPS) is 13.8. The number of nitrogens with zero attached hydrogens (tertiary/aromatic N) is 5. The number of amides is 2. The molecule has 0 unspecified atom stereocenters. The lowest BCUT2D eigenvalue weighted by Gasteiger charge is -2.31. The smallest absolute Gasteiger partial charge is 0.339 e. The van der Waals surface area contributed by atoms with Crippen molar-refractivity contribution in [3.8, 4) is 22.9 Å². The number of anilines is 1. The predicted octanol–water partition coefficient (Wildman–Crippen LogP) is 7.16. The standard InChI is InChI=1S/C33H25F3N6O2S/c34-33(35,36)24-12-10-21(11-13-24)26-8-4-5-9-27(26)32(44)41-16-14-22(15-17-41)31-39-28(20-45-31)30(43)40-29-23(18-37)19-38-42(29)25-6-2-1-3-7-25/h1-13,19-20,22H,14-17H2,(H,40,43). The maximum atomic E-state index is 13.5. The van der Waals surface area contributed by atoms with Gasteiger partial charge in [0.25, 0.3) is 11.8 Å². The van der Waals surface area contributed by atoms with Crippen molar-refractivity contribution < 1.29 is 22.8 Å². The number of aromatic nitrogens is 3. The zero-order valence-corrected chi connectivity index (χ0v) is 24.5. The average Bonchev–Trinajstić information content (AvgIpc) is 3.72. The van der Waals surface area contributed by atoms with Gasteiger partial charge in [-0.25, -0.2) is 9.67 Å². The van der Waals surface area contributed by atoms with Crippen molar-refractivity contribution in [2.45, 2.75) is 24.9 Å². The van der Waals surface area contributed by atoms with Crippen LogP contribution >= 0.6 is 11.3 Å². The van der Waals surface area contributed by atoms with E-state index in [4.69, 9.17) is 0 Å². The number of carbonyl (C=O) groups excluding carboxylic acids is 2. The highest BCUT2D eigenvalue weighted by atomic mass is 32.1. The Morgan fingerprint density at radius 3 is 2.33 bits per heavy atom. The number of alkyl halides is 3. The maximum absolute atomic E-state index is 13.5. The minimum Gasteiger partial charge on any atom is -0.339 e. The zero-order valence-electron chi connectivity index (χ0n) is 23.7. The van der Waals surface area contributed by atoms with E-state index in [2.05, 4.69) is 21.5 Å². The average molecular weight is 627 g/mol. The molecule has 6 rings (SSSR count). The molecule has 2 amide bonds. The largest absolute Gasteiger partial charge is 0.416 e. The molecule has 0 atom stereocenters. The minimum absolute atomic E-state index is 0.0512. The first kappa shape index (κ1) is 29.8. The minimum atomic E-state index is -4.44. The molecule has 0 bridgehead atoms. The SMILES string of the molecule is N#Cc1cnn(-c2ccccc2)c1NC(=O)c1csc(C2CCN(C(=O)c3ccccc3-c3ccc(C(F)(F)F)cc3)CC2)n1. The van der Waals surface area contributed by atoms with Crippen molar-refractivity contribution in [2.24, 2.45) is 0 Å². The molecular formula is C33H25F3N6O2S. The van der Waals surface area contributed by atoms with Crippen LogP contribution in [0.15, 0.2) is 90.4 Å². The molecule has 1 aliphatic rings. The first-order valence-electron chi connectivity index (χ1n) is 14.1. The number of halogens is 3. The van der Waals surface area contributed by atoms with E-state index in [1.807, 2.05) is 30.3 Å². The Morgan fingerprint density at radius 2 is 1.64 bits per heavy atom. The van der Waals surface area contributed by atoms with Crippen LogP contribution in [0.25, 0.3) is 16.8 Å². The van der Waals surface area contributed by atoms with E-state index in [0.717, 1.165) is 17.1 Å². The van der Waals surface area contributed by atoms with Crippen molar-refractivity contribution in [3.63, 3.8) is 0 Å². The van der Waals surface area contributed by atoms with Gasteiger partial charge in [0.2, 0.25) is 0 Å². The number of benzene rings is 3. The molecule has 1 aliphatic heterocycles. The summed E-state index contributed by atoms with van der Waals surface area (Å²) in [6.45, 7) is 0.932. The van der Waals surface area contributed by atoms with E-state index in [1.54, 1.807) is 34.5 Å². The van der Waals surface area contributed by atoms with Gasteiger partial charge in [-0.1, -0.05) is 48.5 Å². The first-order chi connectivity index (χ1) is 21.7. The zero-order chi connectivity index (χ0) is 31.6. The van der Waals surface area contributed by atoms with Gasteiger partial charge >= 0.3 is 6.18 Å². The summed E-state index contributed by atoms with van der Waals surface area (Å²) in [4.78, 5) is 33.0. The Bertz CT molecular complexity index is 1890. The summed E-state index contributed by atoms with van der Waals surface area (Å²) in [6, 6.07) is 22.9. The molecule has 1 fully saturated rings. The van der Waals surface area contributed by atoms with Crippen LogP contribution in [0.3, 0.4) is 0 Å². The molecule has 45 heavy (non-hydrogen) atoms. The van der Waals surface area contributed by atoms with Crippen LogP contribution in [0, 0.1) is 11.3 Å². The van der Waals surface area contributed by atoms with Gasteiger partial charge < -0.3 is 10.2 Å². The number of hydrogen-bond donors (Lipinski definition) is 1. The fourth-order valence-electron chi connectivity index (χ4n) is 5.33. The van der Waals surface area contributed by atoms with Crippen molar-refractivity contribution in [3.05, 3.63) is 118 Å². The lowest BCUT2D eigenvalue weighted by molar-refractivity contribution is -0.137. The molecular weight excluding hydrogens is 601 g/mol. The third-order valence-electron chi connectivity index (χ3n) is 7.69. The number of likely N-dealkylation sites (tertiary alicyclic amines) is 1. The van der Waals surface area contributed by atoms with E-state index >= 15 is 0 Å². The molecule has 5 aromatic rings. The molecule has 0 radical (unpaired) electrons. The molecule has 226 valence electrons. The van der Waals surface area contributed by atoms with E-state index in [9.17, 15) is 28.0 Å². The summed E-state index contributed by atoms with van der Waals surface area (Å²) < 4.78 is 40.6. The van der Waals surface area contributed by atoms with Crippen molar-refractivity contribution in [1.82, 2.24) is 19.7 Å². The number of hydrogen-bond acceptors (Lipinski definition) is 6. The number of nitrogens with one attached hydrogen (secondary N) is 1. The van der Waals surface area contributed by atoms with Gasteiger partial charge in [0.15, 0.2) is 5.82 Å². The monoisotopic (exact) mass is 626 g/mol. The maximum Gasteiger partial charge on any atom is 0.416 e. The van der Waals surface area contributed by atoms with Crippen LogP contribution in [0.2, 0.25) is 0 Å². The fraction of sp³-hybridized carbons (Fsp3) is 0.182. The molecule has 2 aromatic heterocycles. The van der Waals surface area contributed by atoms with E-state index in [0.29, 0.717) is 48.3 Å². The predicted molar refractivity (Wildman–Crippen MR) is 163 cm³/mol. The van der Waals surface area contributed by atoms with Crippen LogP contribution in [0.1, 0.15) is 55.7 Å². The van der Waals surface area contributed by atoms with Gasteiger partial charge in [0, 0.05) is 30.0 Å². The number of para-hydroxylation sites is 1. The number of nitriles is 1. The summed E-state index contributed by atoms with van der Waals surface area (Å²) in [5.41, 5.74) is 1.92.